The van der Waals surface area contributed by atoms with E-state index in [1.165, 1.54) is 5.56 Å². The van der Waals surface area contributed by atoms with Crippen molar-refractivity contribution in [2.45, 2.75) is 26.2 Å². The molecule has 0 radical (unpaired) electrons. The van der Waals surface area contributed by atoms with Gasteiger partial charge < -0.3 is 0 Å². The Morgan fingerprint density at radius 3 is 1.55 bits per heavy atom. The number of aliphatic imine (C=N–C) groups is 2. The Hall–Kier alpha value is -4.83. The molecule has 5 aromatic carbocycles. The Morgan fingerprint density at radius 1 is 0.569 bits per heavy atom. The van der Waals surface area contributed by atoms with Crippen molar-refractivity contribution in [3.63, 3.8) is 0 Å². The molecular formula is C45H37Cl2FeN3. The molecule has 0 bridgehead atoms. The van der Waals surface area contributed by atoms with Crippen molar-refractivity contribution in [1.82, 2.24) is 4.98 Å². The number of para-hydroxylation sites is 1. The number of allylic oxidation sites excluding steroid dienone is 4. The average Bonchev–Trinajstić information content (AvgIpc) is 3.19. The van der Waals surface area contributed by atoms with E-state index < -0.39 is 0 Å². The number of benzene rings is 5. The van der Waals surface area contributed by atoms with Gasteiger partial charge in [0, 0.05) is 22.6 Å². The van der Waals surface area contributed by atoms with Crippen LogP contribution in [0.15, 0.2) is 186 Å². The van der Waals surface area contributed by atoms with Crippen molar-refractivity contribution < 1.29 is 13.1 Å². The van der Waals surface area contributed by atoms with Crippen LogP contribution in [0.25, 0.3) is 27.8 Å². The molecule has 0 N–H and O–H groups in total. The van der Waals surface area contributed by atoms with Gasteiger partial charge in [-0.3, -0.25) is 9.98 Å². The van der Waals surface area contributed by atoms with E-state index in [9.17, 15) is 0 Å². The topological polar surface area (TPSA) is 37.6 Å². The fourth-order valence-corrected chi connectivity index (χ4v) is 6.35. The number of pyridine rings is 1. The van der Waals surface area contributed by atoms with Crippen molar-refractivity contribution in [2.75, 3.05) is 0 Å². The van der Waals surface area contributed by atoms with Crippen molar-refractivity contribution in [2.24, 2.45) is 9.98 Å². The van der Waals surface area contributed by atoms with Gasteiger partial charge in [-0.1, -0.05) is 158 Å². The first-order valence-electron chi connectivity index (χ1n) is 16.8. The van der Waals surface area contributed by atoms with Crippen LogP contribution in [0, 0.1) is 0 Å². The van der Waals surface area contributed by atoms with E-state index in [1.807, 2.05) is 31.2 Å². The predicted octanol–water partition coefficient (Wildman–Crippen LogP) is 12.9. The molecule has 254 valence electrons. The Morgan fingerprint density at radius 2 is 1.02 bits per heavy atom. The molecule has 0 fully saturated rings. The second kappa shape index (κ2) is 17.9. The fourth-order valence-electron chi connectivity index (χ4n) is 6.35. The van der Waals surface area contributed by atoms with Crippen LogP contribution in [0.4, 0.5) is 5.69 Å². The summed E-state index contributed by atoms with van der Waals surface area (Å²) in [6.07, 6.45) is 5.39. The van der Waals surface area contributed by atoms with Crippen molar-refractivity contribution in [1.29, 1.82) is 0 Å². The number of halogens is 2. The first-order valence-corrected chi connectivity index (χ1v) is 19.8. The molecule has 1 heterocycles. The van der Waals surface area contributed by atoms with Gasteiger partial charge in [0.05, 0.1) is 34.2 Å². The average molecular weight is 747 g/mol. The third kappa shape index (κ3) is 8.92. The maximum atomic E-state index is 5.36. The second-order valence-corrected chi connectivity index (χ2v) is 13.9. The summed E-state index contributed by atoms with van der Waals surface area (Å²) in [5.74, 6) is 0.152. The normalized spacial score (nSPS) is 14.6. The Balaban J connectivity index is 0.00000144. The van der Waals surface area contributed by atoms with Crippen LogP contribution in [0.2, 0.25) is 0 Å². The summed E-state index contributed by atoms with van der Waals surface area (Å²) in [6.45, 7) is 4.11. The van der Waals surface area contributed by atoms with Crippen LogP contribution >= 0.6 is 20.2 Å². The molecule has 1 aromatic heterocycles. The van der Waals surface area contributed by atoms with Gasteiger partial charge in [0.15, 0.2) is 0 Å². The summed E-state index contributed by atoms with van der Waals surface area (Å²) >= 11 is 0.194. The molecule has 1 aliphatic carbocycles. The zero-order valence-corrected chi connectivity index (χ0v) is 31.0. The molecule has 6 heteroatoms. The molecule has 0 saturated heterocycles. The van der Waals surface area contributed by atoms with E-state index in [-0.39, 0.29) is 19.1 Å². The summed E-state index contributed by atoms with van der Waals surface area (Å²) < 4.78 is 0. The van der Waals surface area contributed by atoms with Gasteiger partial charge >= 0.3 is 33.3 Å². The molecule has 0 spiro atoms. The van der Waals surface area contributed by atoms with Crippen molar-refractivity contribution in [3.05, 3.63) is 198 Å². The Kier molecular flexibility index (Phi) is 12.6. The number of aromatic nitrogens is 1. The summed E-state index contributed by atoms with van der Waals surface area (Å²) in [7, 11) is 9.53. The van der Waals surface area contributed by atoms with Crippen LogP contribution in [0.1, 0.15) is 48.7 Å². The summed E-state index contributed by atoms with van der Waals surface area (Å²) in [6, 6.07) is 54.7. The molecular weight excluding hydrogens is 709 g/mol. The van der Waals surface area contributed by atoms with Crippen LogP contribution in [0.5, 0.6) is 0 Å². The van der Waals surface area contributed by atoms with Gasteiger partial charge in [0.1, 0.15) is 0 Å². The molecule has 1 unspecified atom stereocenters. The molecule has 51 heavy (non-hydrogen) atoms. The van der Waals surface area contributed by atoms with Crippen molar-refractivity contribution >= 4 is 42.9 Å². The SMILES string of the molecule is CC(=NC1=C(c2ccccc2)C=CCC1c1ccccc1)c1cccc(C(C)=Nc2c(-c3ccccc3)cccc2-c2ccccc2)n1.[Cl][Fe][Cl]. The van der Waals surface area contributed by atoms with E-state index in [4.69, 9.17) is 35.2 Å². The second-order valence-electron chi connectivity index (χ2n) is 12.1. The molecule has 0 aliphatic heterocycles. The fraction of sp³-hybridized carbons (Fsp3) is 0.0889. The van der Waals surface area contributed by atoms with Crippen LogP contribution in [-0.4, -0.2) is 16.4 Å². The number of hydrogen-bond acceptors (Lipinski definition) is 3. The molecule has 1 aliphatic rings. The molecule has 0 amide bonds. The summed E-state index contributed by atoms with van der Waals surface area (Å²) in [4.78, 5) is 15.8. The van der Waals surface area contributed by atoms with E-state index >= 15 is 0 Å². The minimum atomic E-state index is 0.152. The quantitative estimate of drug-likeness (QED) is 0.113. The molecule has 6 aromatic rings. The molecule has 1 atom stereocenters. The van der Waals surface area contributed by atoms with E-state index in [2.05, 4.69) is 153 Å². The maximum absolute atomic E-state index is 5.36. The minimum absolute atomic E-state index is 0.152. The van der Waals surface area contributed by atoms with E-state index in [1.54, 1.807) is 0 Å². The first-order chi connectivity index (χ1) is 25.1. The number of rotatable bonds is 8. The predicted molar refractivity (Wildman–Crippen MR) is 214 cm³/mol. The van der Waals surface area contributed by atoms with Gasteiger partial charge in [-0.25, -0.2) is 4.98 Å². The zero-order chi connectivity index (χ0) is 35.4. The summed E-state index contributed by atoms with van der Waals surface area (Å²) in [5.41, 5.74) is 13.4. The first kappa shape index (κ1) is 36.0. The van der Waals surface area contributed by atoms with E-state index in [0.717, 1.165) is 74.0 Å². The molecule has 0 saturated carbocycles. The Bertz CT molecular complexity index is 2120. The standard InChI is InChI=1S/C45H37N3.2ClH.Fe/c1-32(46-44-38(34-18-7-3-8-19-34)26-15-27-39(44)35-20-9-4-10-21-35)42-30-17-31-43(48-42)33(2)47-45-40(36-22-11-5-12-23-36)28-16-29-41(45)37-24-13-6-14-25-37;;;/h3-28,30-31,41H,29H2,1-2H3;2*1H;/q;;;+2/p-2. The van der Waals surface area contributed by atoms with Gasteiger partial charge in [-0.2, -0.15) is 0 Å². The number of hydrogen-bond donors (Lipinski definition) is 0. The van der Waals surface area contributed by atoms with E-state index in [0.29, 0.717) is 0 Å². The zero-order valence-electron chi connectivity index (χ0n) is 28.4. The summed E-state index contributed by atoms with van der Waals surface area (Å²) in [5, 5.41) is 0. The Labute approximate surface area is 315 Å². The molecule has 3 nitrogen and oxygen atoms in total. The third-order valence-electron chi connectivity index (χ3n) is 8.81. The van der Waals surface area contributed by atoms with Gasteiger partial charge in [-0.15, -0.1) is 0 Å². The monoisotopic (exact) mass is 745 g/mol. The van der Waals surface area contributed by atoms with Crippen LogP contribution < -0.4 is 0 Å². The van der Waals surface area contributed by atoms with Crippen LogP contribution in [0.3, 0.4) is 0 Å². The third-order valence-corrected chi connectivity index (χ3v) is 8.81. The van der Waals surface area contributed by atoms with Crippen LogP contribution in [-0.2, 0) is 13.1 Å². The van der Waals surface area contributed by atoms with Gasteiger partial charge in [0.25, 0.3) is 0 Å². The number of nitrogens with zero attached hydrogens (tertiary/aromatic N) is 3. The van der Waals surface area contributed by atoms with Gasteiger partial charge in [-0.05, 0) is 54.7 Å². The molecule has 7 rings (SSSR count). The van der Waals surface area contributed by atoms with Crippen molar-refractivity contribution in [3.8, 4) is 22.3 Å². The van der Waals surface area contributed by atoms with Gasteiger partial charge in [0.2, 0.25) is 0 Å².